The van der Waals surface area contributed by atoms with E-state index in [0.717, 1.165) is 12.8 Å². The fraction of sp³-hybridized carbons (Fsp3) is 0.455. The van der Waals surface area contributed by atoms with E-state index in [-0.39, 0.29) is 28.5 Å². The molecule has 154 valence electrons. The highest BCUT2D eigenvalue weighted by Gasteiger charge is 2.61. The lowest BCUT2D eigenvalue weighted by molar-refractivity contribution is -0.118. The lowest BCUT2D eigenvalue weighted by atomic mass is 9.69. The maximum atomic E-state index is 12.7. The minimum atomic E-state index is -1.13. The van der Waals surface area contributed by atoms with Crippen molar-refractivity contribution in [3.8, 4) is 0 Å². The van der Waals surface area contributed by atoms with Crippen LogP contribution < -0.4 is 5.32 Å². The highest BCUT2D eigenvalue weighted by molar-refractivity contribution is 6.39. The smallest absolute Gasteiger partial charge is 0.352 e. The summed E-state index contributed by atoms with van der Waals surface area (Å²) in [7, 11) is 0. The van der Waals surface area contributed by atoms with Crippen molar-refractivity contribution in [1.82, 2.24) is 10.3 Å². The molecule has 2 aromatic rings. The molecule has 4 rings (SSSR count). The number of fused-ring (bicyclic) bond motifs is 3. The number of benzene rings is 1. The van der Waals surface area contributed by atoms with Crippen molar-refractivity contribution in [2.75, 3.05) is 0 Å². The first-order chi connectivity index (χ1) is 13.5. The van der Waals surface area contributed by atoms with E-state index < -0.39 is 5.97 Å². The van der Waals surface area contributed by atoms with Crippen molar-refractivity contribution < 1.29 is 14.7 Å². The first-order valence-electron chi connectivity index (χ1n) is 9.77. The van der Waals surface area contributed by atoms with E-state index in [1.165, 1.54) is 18.6 Å². The van der Waals surface area contributed by atoms with Crippen LogP contribution in [0, 0.1) is 16.7 Å². The van der Waals surface area contributed by atoms with Crippen LogP contribution in [0.3, 0.4) is 0 Å². The van der Waals surface area contributed by atoms with Crippen LogP contribution in [0.1, 0.15) is 56.1 Å². The van der Waals surface area contributed by atoms with Gasteiger partial charge in [0.2, 0.25) is 5.91 Å². The van der Waals surface area contributed by atoms with Gasteiger partial charge >= 0.3 is 5.97 Å². The van der Waals surface area contributed by atoms with Crippen LogP contribution >= 0.6 is 23.2 Å². The third-order valence-electron chi connectivity index (χ3n) is 7.58. The first-order valence-corrected chi connectivity index (χ1v) is 10.5. The van der Waals surface area contributed by atoms with E-state index >= 15 is 0 Å². The second-order valence-corrected chi connectivity index (χ2v) is 9.88. The van der Waals surface area contributed by atoms with Gasteiger partial charge in [-0.1, -0.05) is 44.0 Å². The Morgan fingerprint density at radius 1 is 1.28 bits per heavy atom. The molecule has 1 heterocycles. The molecule has 0 aliphatic heterocycles. The van der Waals surface area contributed by atoms with Gasteiger partial charge in [-0.15, -0.1) is 0 Å². The van der Waals surface area contributed by atoms with Gasteiger partial charge in [0.25, 0.3) is 0 Å². The summed E-state index contributed by atoms with van der Waals surface area (Å²) in [5, 5.41) is 14.0. The number of halogens is 2. The molecule has 1 aromatic heterocycles. The van der Waals surface area contributed by atoms with E-state index in [0.29, 0.717) is 32.4 Å². The molecule has 0 saturated heterocycles. The Morgan fingerprint density at radius 3 is 2.59 bits per heavy atom. The van der Waals surface area contributed by atoms with Crippen molar-refractivity contribution in [3.05, 3.63) is 39.5 Å². The zero-order valence-electron chi connectivity index (χ0n) is 16.6. The molecular weight excluding hydrogens is 411 g/mol. The second-order valence-electron chi connectivity index (χ2n) is 9.03. The number of aromatic carboxylic acids is 1. The number of H-pyrrole nitrogens is 1. The predicted molar refractivity (Wildman–Crippen MR) is 115 cm³/mol. The first kappa shape index (κ1) is 20.3. The van der Waals surface area contributed by atoms with Crippen molar-refractivity contribution >= 4 is 52.1 Å². The molecule has 1 aromatic carbocycles. The monoisotopic (exact) mass is 434 g/mol. The number of carboxylic acid groups (broad SMARTS) is 1. The van der Waals surface area contributed by atoms with Crippen LogP contribution in [0.5, 0.6) is 0 Å². The van der Waals surface area contributed by atoms with Crippen molar-refractivity contribution in [3.63, 3.8) is 0 Å². The third kappa shape index (κ3) is 3.06. The molecule has 2 fully saturated rings. The van der Waals surface area contributed by atoms with E-state index in [2.05, 4.69) is 31.1 Å². The number of hydrogen-bond acceptors (Lipinski definition) is 2. The minimum absolute atomic E-state index is 0.0266. The van der Waals surface area contributed by atoms with Gasteiger partial charge in [0, 0.05) is 33.6 Å². The fourth-order valence-corrected chi connectivity index (χ4v) is 6.00. The van der Waals surface area contributed by atoms with E-state index in [1.807, 2.05) is 0 Å². The van der Waals surface area contributed by atoms with Crippen LogP contribution in [0.4, 0.5) is 0 Å². The Balaban J connectivity index is 1.61. The van der Waals surface area contributed by atoms with Crippen LogP contribution in [0.25, 0.3) is 17.0 Å². The number of carbonyl (C=O) groups is 2. The number of amides is 1. The summed E-state index contributed by atoms with van der Waals surface area (Å²) >= 11 is 12.3. The van der Waals surface area contributed by atoms with Crippen molar-refractivity contribution in [2.45, 2.75) is 46.1 Å². The standard InChI is InChI=1S/C22H24Cl2N2O3/c1-21(2)11-6-7-22(21,3)16(8-11)26-17(27)5-4-13-18-14(24)9-12(23)10-15(18)25-19(13)20(28)29/h4-5,9-11,16,25H,6-8H2,1-3H3,(H,26,27)(H,28,29)/b5-4+/t11-,16+,22+/m0/s1. The summed E-state index contributed by atoms with van der Waals surface area (Å²) in [6.45, 7) is 6.86. The summed E-state index contributed by atoms with van der Waals surface area (Å²) in [5.74, 6) is -0.733. The average Bonchev–Trinajstić information content (AvgIpc) is 3.16. The minimum Gasteiger partial charge on any atom is -0.477 e. The van der Waals surface area contributed by atoms with Crippen molar-refractivity contribution in [2.24, 2.45) is 16.7 Å². The van der Waals surface area contributed by atoms with Crippen molar-refractivity contribution in [1.29, 1.82) is 0 Å². The molecule has 29 heavy (non-hydrogen) atoms. The van der Waals surface area contributed by atoms with Gasteiger partial charge in [0.1, 0.15) is 5.69 Å². The zero-order chi connectivity index (χ0) is 21.1. The molecule has 0 radical (unpaired) electrons. The lowest BCUT2D eigenvalue weighted by Gasteiger charge is -2.39. The van der Waals surface area contributed by atoms with Crippen LogP contribution in [-0.4, -0.2) is 28.0 Å². The largest absolute Gasteiger partial charge is 0.477 e. The molecule has 2 aliphatic carbocycles. The molecule has 3 atom stereocenters. The van der Waals surface area contributed by atoms with E-state index in [4.69, 9.17) is 23.2 Å². The average molecular weight is 435 g/mol. The Kier molecular flexibility index (Phi) is 4.74. The molecule has 1 amide bonds. The maximum Gasteiger partial charge on any atom is 0.352 e. The number of hydrogen-bond donors (Lipinski definition) is 3. The number of nitrogens with one attached hydrogen (secondary N) is 2. The zero-order valence-corrected chi connectivity index (χ0v) is 18.1. The van der Waals surface area contributed by atoms with Gasteiger partial charge in [-0.2, -0.15) is 0 Å². The molecule has 2 aliphatic rings. The quantitative estimate of drug-likeness (QED) is 0.554. The lowest BCUT2D eigenvalue weighted by Crippen LogP contribution is -2.46. The van der Waals surface area contributed by atoms with Gasteiger partial charge in [-0.3, -0.25) is 4.79 Å². The molecule has 0 unspecified atom stereocenters. The third-order valence-corrected chi connectivity index (χ3v) is 8.10. The van der Waals surface area contributed by atoms with Crippen LogP contribution in [-0.2, 0) is 4.79 Å². The summed E-state index contributed by atoms with van der Waals surface area (Å²) in [6, 6.07) is 3.29. The van der Waals surface area contributed by atoms with Crippen LogP contribution in [0.2, 0.25) is 10.0 Å². The van der Waals surface area contributed by atoms with Gasteiger partial charge in [-0.25, -0.2) is 4.79 Å². The number of carbonyl (C=O) groups excluding carboxylic acids is 1. The van der Waals surface area contributed by atoms with E-state index in [9.17, 15) is 14.7 Å². The Hall–Kier alpha value is -1.98. The molecular formula is C22H24Cl2N2O3. The predicted octanol–water partition coefficient (Wildman–Crippen LogP) is 5.52. The molecule has 2 saturated carbocycles. The summed E-state index contributed by atoms with van der Waals surface area (Å²) in [6.07, 6.45) is 6.21. The van der Waals surface area contributed by atoms with Crippen LogP contribution in [0.15, 0.2) is 18.2 Å². The molecule has 0 spiro atoms. The Morgan fingerprint density at radius 2 is 2.00 bits per heavy atom. The number of carboxylic acids is 1. The summed E-state index contributed by atoms with van der Waals surface area (Å²) in [4.78, 5) is 27.2. The number of aromatic amines is 1. The topological polar surface area (TPSA) is 82.2 Å². The highest BCUT2D eigenvalue weighted by Crippen LogP contribution is 2.65. The maximum absolute atomic E-state index is 12.7. The number of aromatic nitrogens is 1. The molecule has 5 nitrogen and oxygen atoms in total. The second kappa shape index (κ2) is 6.78. The molecule has 3 N–H and O–H groups in total. The van der Waals surface area contributed by atoms with Gasteiger partial charge in [0.15, 0.2) is 0 Å². The fourth-order valence-electron chi connectivity index (χ4n) is 5.41. The van der Waals surface area contributed by atoms with Gasteiger partial charge < -0.3 is 15.4 Å². The van der Waals surface area contributed by atoms with Gasteiger partial charge in [-0.05, 0) is 54.2 Å². The summed E-state index contributed by atoms with van der Waals surface area (Å²) in [5.41, 5.74) is 1.13. The van der Waals surface area contributed by atoms with Gasteiger partial charge in [0.05, 0.1) is 5.02 Å². The summed E-state index contributed by atoms with van der Waals surface area (Å²) < 4.78 is 0. The highest BCUT2D eigenvalue weighted by atomic mass is 35.5. The molecule has 7 heteroatoms. The van der Waals surface area contributed by atoms with E-state index in [1.54, 1.807) is 12.1 Å². The Bertz CT molecular complexity index is 1060. The SMILES string of the molecule is CC1(C)[C@H]2CC[C@]1(C)[C@H](NC(=O)/C=C/c1c(C(=O)O)[nH]c3cc(Cl)cc(Cl)c13)C2. The normalized spacial score (nSPS) is 27.8. The number of rotatable bonds is 4. The Labute approximate surface area is 179 Å². The molecule has 2 bridgehead atoms.